The SMILES string of the molecule is CCC(C)CNCCC(Cl)CC. The van der Waals surface area contributed by atoms with Gasteiger partial charge in [0, 0.05) is 5.38 Å². The largest absolute Gasteiger partial charge is 0.316 e. The molecule has 0 saturated carbocycles. The minimum atomic E-state index is 0.356. The third kappa shape index (κ3) is 6.93. The molecular formula is C10H22ClN. The van der Waals surface area contributed by atoms with E-state index in [9.17, 15) is 0 Å². The average Bonchev–Trinajstić information content (AvgIpc) is 2.11. The summed E-state index contributed by atoms with van der Waals surface area (Å²) in [6.07, 6.45) is 3.42. The lowest BCUT2D eigenvalue weighted by molar-refractivity contribution is 0.492. The van der Waals surface area contributed by atoms with E-state index in [0.29, 0.717) is 5.38 Å². The number of hydrogen-bond acceptors (Lipinski definition) is 1. The molecule has 0 amide bonds. The van der Waals surface area contributed by atoms with Crippen LogP contribution in [0.25, 0.3) is 0 Å². The highest BCUT2D eigenvalue weighted by Gasteiger charge is 2.01. The normalized spacial score (nSPS) is 16.0. The zero-order valence-corrected chi connectivity index (χ0v) is 9.32. The van der Waals surface area contributed by atoms with Crippen molar-refractivity contribution in [2.75, 3.05) is 13.1 Å². The first-order valence-corrected chi connectivity index (χ1v) is 5.49. The molecule has 1 nitrogen and oxygen atoms in total. The van der Waals surface area contributed by atoms with Crippen LogP contribution in [0, 0.1) is 5.92 Å². The van der Waals surface area contributed by atoms with Crippen molar-refractivity contribution in [1.29, 1.82) is 0 Å². The Kier molecular flexibility index (Phi) is 8.04. The van der Waals surface area contributed by atoms with E-state index in [2.05, 4.69) is 26.1 Å². The fourth-order valence-corrected chi connectivity index (χ4v) is 1.06. The van der Waals surface area contributed by atoms with Crippen LogP contribution in [0.15, 0.2) is 0 Å². The maximum Gasteiger partial charge on any atom is 0.0345 e. The van der Waals surface area contributed by atoms with Crippen LogP contribution in [-0.4, -0.2) is 18.5 Å². The van der Waals surface area contributed by atoms with Crippen LogP contribution in [0.1, 0.15) is 40.0 Å². The number of nitrogens with one attached hydrogen (secondary N) is 1. The molecule has 1 N–H and O–H groups in total. The highest BCUT2D eigenvalue weighted by atomic mass is 35.5. The van der Waals surface area contributed by atoms with E-state index < -0.39 is 0 Å². The van der Waals surface area contributed by atoms with Crippen LogP contribution >= 0.6 is 11.6 Å². The molecule has 0 saturated heterocycles. The molecule has 0 bridgehead atoms. The van der Waals surface area contributed by atoms with Crippen LogP contribution in [0.4, 0.5) is 0 Å². The molecule has 0 radical (unpaired) electrons. The first-order chi connectivity index (χ1) is 5.70. The Bertz CT molecular complexity index is 83.8. The number of halogens is 1. The molecule has 0 aliphatic carbocycles. The van der Waals surface area contributed by atoms with Gasteiger partial charge in [-0.2, -0.15) is 0 Å². The van der Waals surface area contributed by atoms with E-state index in [1.165, 1.54) is 6.42 Å². The van der Waals surface area contributed by atoms with Gasteiger partial charge in [-0.3, -0.25) is 0 Å². The monoisotopic (exact) mass is 191 g/mol. The summed E-state index contributed by atoms with van der Waals surface area (Å²) in [6.45, 7) is 8.82. The first kappa shape index (κ1) is 12.2. The minimum Gasteiger partial charge on any atom is -0.316 e. The standard InChI is InChI=1S/C10H22ClN/c1-4-9(3)8-12-7-6-10(11)5-2/h9-10,12H,4-8H2,1-3H3. The molecular weight excluding hydrogens is 170 g/mol. The number of alkyl halides is 1. The Balaban J connectivity index is 3.10. The highest BCUT2D eigenvalue weighted by Crippen LogP contribution is 2.05. The van der Waals surface area contributed by atoms with Gasteiger partial charge in [0.2, 0.25) is 0 Å². The second kappa shape index (κ2) is 7.88. The van der Waals surface area contributed by atoms with Crippen LogP contribution in [-0.2, 0) is 0 Å². The van der Waals surface area contributed by atoms with E-state index >= 15 is 0 Å². The van der Waals surface area contributed by atoms with Crippen molar-refractivity contribution in [2.24, 2.45) is 5.92 Å². The summed E-state index contributed by atoms with van der Waals surface area (Å²) in [5, 5.41) is 3.77. The van der Waals surface area contributed by atoms with Gasteiger partial charge in [-0.15, -0.1) is 11.6 Å². The Morgan fingerprint density at radius 2 is 1.92 bits per heavy atom. The Morgan fingerprint density at radius 3 is 2.42 bits per heavy atom. The molecule has 0 fully saturated rings. The van der Waals surface area contributed by atoms with E-state index in [1.807, 2.05) is 0 Å². The van der Waals surface area contributed by atoms with Crippen molar-refractivity contribution in [3.05, 3.63) is 0 Å². The lowest BCUT2D eigenvalue weighted by atomic mass is 10.1. The average molecular weight is 192 g/mol. The molecule has 0 aromatic heterocycles. The molecule has 2 heteroatoms. The fraction of sp³-hybridized carbons (Fsp3) is 1.00. The van der Waals surface area contributed by atoms with Crippen molar-refractivity contribution in [1.82, 2.24) is 5.32 Å². The Hall–Kier alpha value is 0.250. The maximum absolute atomic E-state index is 5.97. The van der Waals surface area contributed by atoms with Gasteiger partial charge in [0.1, 0.15) is 0 Å². The fourth-order valence-electron chi connectivity index (χ4n) is 0.956. The summed E-state index contributed by atoms with van der Waals surface area (Å²) >= 11 is 5.97. The van der Waals surface area contributed by atoms with Gasteiger partial charge >= 0.3 is 0 Å². The van der Waals surface area contributed by atoms with Crippen molar-refractivity contribution < 1.29 is 0 Å². The van der Waals surface area contributed by atoms with Gasteiger partial charge in [-0.1, -0.05) is 27.2 Å². The smallest absolute Gasteiger partial charge is 0.0345 e. The van der Waals surface area contributed by atoms with Crippen molar-refractivity contribution in [3.8, 4) is 0 Å². The summed E-state index contributed by atoms with van der Waals surface area (Å²) in [5.41, 5.74) is 0. The zero-order valence-electron chi connectivity index (χ0n) is 8.57. The minimum absolute atomic E-state index is 0.356. The Labute approximate surface area is 81.9 Å². The molecule has 0 aliphatic rings. The van der Waals surface area contributed by atoms with Gasteiger partial charge < -0.3 is 5.32 Å². The van der Waals surface area contributed by atoms with E-state index in [0.717, 1.165) is 31.8 Å². The summed E-state index contributed by atoms with van der Waals surface area (Å²) < 4.78 is 0. The second-order valence-electron chi connectivity index (χ2n) is 3.51. The third-order valence-electron chi connectivity index (χ3n) is 2.27. The molecule has 74 valence electrons. The van der Waals surface area contributed by atoms with Crippen molar-refractivity contribution in [2.45, 2.75) is 45.4 Å². The Morgan fingerprint density at radius 1 is 1.25 bits per heavy atom. The quantitative estimate of drug-likeness (QED) is 0.482. The van der Waals surface area contributed by atoms with Crippen molar-refractivity contribution >= 4 is 11.6 Å². The summed E-state index contributed by atoms with van der Waals surface area (Å²) in [4.78, 5) is 0. The molecule has 0 spiro atoms. The maximum atomic E-state index is 5.97. The molecule has 0 aliphatic heterocycles. The summed E-state index contributed by atoms with van der Waals surface area (Å²) in [5.74, 6) is 0.792. The van der Waals surface area contributed by atoms with Crippen molar-refractivity contribution in [3.63, 3.8) is 0 Å². The molecule has 0 aromatic rings. The summed E-state index contributed by atoms with van der Waals surface area (Å²) in [7, 11) is 0. The molecule has 12 heavy (non-hydrogen) atoms. The van der Waals surface area contributed by atoms with Gasteiger partial charge in [-0.05, 0) is 31.8 Å². The van der Waals surface area contributed by atoms with Gasteiger partial charge in [0.05, 0.1) is 0 Å². The predicted molar refractivity (Wildman–Crippen MR) is 56.9 cm³/mol. The molecule has 0 aromatic carbocycles. The highest BCUT2D eigenvalue weighted by molar-refractivity contribution is 6.20. The third-order valence-corrected chi connectivity index (χ3v) is 2.79. The second-order valence-corrected chi connectivity index (χ2v) is 4.13. The molecule has 2 unspecified atom stereocenters. The van der Waals surface area contributed by atoms with Gasteiger partial charge in [0.15, 0.2) is 0 Å². The van der Waals surface area contributed by atoms with Gasteiger partial charge in [0.25, 0.3) is 0 Å². The molecule has 0 heterocycles. The lowest BCUT2D eigenvalue weighted by Crippen LogP contribution is -2.23. The molecule has 2 atom stereocenters. The molecule has 0 rings (SSSR count). The van der Waals surface area contributed by atoms with Crippen LogP contribution in [0.2, 0.25) is 0 Å². The zero-order chi connectivity index (χ0) is 9.40. The van der Waals surface area contributed by atoms with E-state index in [-0.39, 0.29) is 0 Å². The van der Waals surface area contributed by atoms with E-state index in [4.69, 9.17) is 11.6 Å². The summed E-state index contributed by atoms with van der Waals surface area (Å²) in [6, 6.07) is 0. The number of rotatable bonds is 7. The lowest BCUT2D eigenvalue weighted by Gasteiger charge is -2.11. The van der Waals surface area contributed by atoms with Crippen LogP contribution in [0.3, 0.4) is 0 Å². The van der Waals surface area contributed by atoms with Crippen LogP contribution in [0.5, 0.6) is 0 Å². The number of hydrogen-bond donors (Lipinski definition) is 1. The van der Waals surface area contributed by atoms with E-state index in [1.54, 1.807) is 0 Å². The van der Waals surface area contributed by atoms with Gasteiger partial charge in [-0.25, -0.2) is 0 Å². The van der Waals surface area contributed by atoms with Crippen LogP contribution < -0.4 is 5.32 Å². The predicted octanol–water partition coefficient (Wildman–Crippen LogP) is 3.03. The first-order valence-electron chi connectivity index (χ1n) is 5.05. The topological polar surface area (TPSA) is 12.0 Å².